The normalized spacial score (nSPS) is 16.6. The number of unbranched alkanes of at least 4 members (excludes halogenated alkanes) is 1. The van der Waals surface area contributed by atoms with Crippen LogP contribution in [0.2, 0.25) is 0 Å². The minimum atomic E-state index is -5.08. The van der Waals surface area contributed by atoms with E-state index in [9.17, 15) is 39.6 Å². The quantitative estimate of drug-likeness (QED) is 0.0884. The van der Waals surface area contributed by atoms with E-state index in [4.69, 9.17) is 19.6 Å². The zero-order valence-corrected chi connectivity index (χ0v) is 30.2. The molecule has 0 bridgehead atoms. The standard InChI is InChI=1S/C32H43F3N6O4S.C2HF3O2/c1-31(2,3)45-30(42)37-19-9-8-18-36-28-24-10-4-6-12-26(24)40-29(41-28)38-20-22-14-16-23(17-15-22)21-39-46(43,44)27-13-7-5-11-25(27)32(33,34)35;3-2(4,5)1(6)7/h4-7,10-13,22-23,39H,8-9,14-21H2,1-3H3,(H,37,42)(H2,36,38,40,41);(H,6,7). The Balaban J connectivity index is 0.000000980. The number of aromatic nitrogens is 2. The summed E-state index contributed by atoms with van der Waals surface area (Å²) in [4.78, 5) is 29.3. The molecule has 1 fully saturated rings. The summed E-state index contributed by atoms with van der Waals surface area (Å²) in [5, 5.41) is 17.5. The van der Waals surface area contributed by atoms with Crippen molar-refractivity contribution in [1.82, 2.24) is 20.0 Å². The van der Waals surface area contributed by atoms with Gasteiger partial charge in [-0.3, -0.25) is 0 Å². The van der Waals surface area contributed by atoms with Crippen LogP contribution in [-0.2, 0) is 25.7 Å². The van der Waals surface area contributed by atoms with Gasteiger partial charge < -0.3 is 25.8 Å². The van der Waals surface area contributed by atoms with E-state index in [1.807, 2.05) is 45.0 Å². The van der Waals surface area contributed by atoms with Crippen molar-refractivity contribution in [2.24, 2.45) is 11.8 Å². The number of aliphatic carboxylic acids is 1. The zero-order chi connectivity index (χ0) is 39.5. The molecule has 1 saturated carbocycles. The molecule has 294 valence electrons. The summed E-state index contributed by atoms with van der Waals surface area (Å²) >= 11 is 0. The SMILES string of the molecule is CC(C)(C)OC(=O)NCCCCNc1nc(NCC2CCC(CNS(=O)(=O)c3ccccc3C(F)(F)F)CC2)nc2ccccc12.O=C(O)C(F)(F)F. The molecule has 2 aromatic carbocycles. The van der Waals surface area contributed by atoms with E-state index in [1.54, 1.807) is 0 Å². The summed E-state index contributed by atoms with van der Waals surface area (Å²) in [5.41, 5.74) is -0.900. The molecule has 0 unspecified atom stereocenters. The van der Waals surface area contributed by atoms with Crippen LogP contribution in [0.25, 0.3) is 10.9 Å². The van der Waals surface area contributed by atoms with Gasteiger partial charge in [-0.1, -0.05) is 24.3 Å². The number of hydrogen-bond acceptors (Lipinski definition) is 9. The number of benzene rings is 2. The highest BCUT2D eigenvalue weighted by molar-refractivity contribution is 7.89. The van der Waals surface area contributed by atoms with E-state index in [0.717, 1.165) is 67.4 Å². The fourth-order valence-electron chi connectivity index (χ4n) is 5.37. The van der Waals surface area contributed by atoms with Gasteiger partial charge in [0.2, 0.25) is 16.0 Å². The third kappa shape index (κ3) is 14.5. The number of alkyl halides is 6. The molecule has 0 saturated heterocycles. The molecule has 0 spiro atoms. The number of halogens is 6. The number of carboxylic acids is 1. The highest BCUT2D eigenvalue weighted by atomic mass is 32.2. The minimum absolute atomic E-state index is 0.0381. The summed E-state index contributed by atoms with van der Waals surface area (Å²) in [6.07, 6.45) is -5.50. The predicted molar refractivity (Wildman–Crippen MR) is 186 cm³/mol. The molecule has 1 aliphatic rings. The number of fused-ring (bicyclic) bond motifs is 1. The van der Waals surface area contributed by atoms with Crippen LogP contribution in [0.3, 0.4) is 0 Å². The second kappa shape index (κ2) is 18.6. The van der Waals surface area contributed by atoms with Crippen molar-refractivity contribution in [3.63, 3.8) is 0 Å². The van der Waals surface area contributed by atoms with E-state index in [1.165, 1.54) is 12.1 Å². The van der Waals surface area contributed by atoms with Gasteiger partial charge in [-0.2, -0.15) is 31.3 Å². The molecule has 12 nitrogen and oxygen atoms in total. The Labute approximate surface area is 303 Å². The average Bonchev–Trinajstić information content (AvgIpc) is 3.07. The monoisotopic (exact) mass is 778 g/mol. The van der Waals surface area contributed by atoms with Crippen LogP contribution in [0.1, 0.15) is 64.9 Å². The first kappa shape index (κ1) is 43.0. The Morgan fingerprint density at radius 2 is 1.40 bits per heavy atom. The molecule has 1 heterocycles. The number of hydrogen-bond donors (Lipinski definition) is 5. The van der Waals surface area contributed by atoms with Gasteiger partial charge in [0.25, 0.3) is 0 Å². The number of carbonyl (C=O) groups excluding carboxylic acids is 1. The fourth-order valence-corrected chi connectivity index (χ4v) is 6.71. The van der Waals surface area contributed by atoms with Crippen LogP contribution in [0.15, 0.2) is 53.4 Å². The number of rotatable bonds is 13. The van der Waals surface area contributed by atoms with Gasteiger partial charge in [-0.15, -0.1) is 0 Å². The second-order valence-electron chi connectivity index (χ2n) is 13.4. The topological polar surface area (TPSA) is 172 Å². The Bertz CT molecular complexity index is 1780. The molecule has 1 aromatic heterocycles. The van der Waals surface area contributed by atoms with E-state index in [-0.39, 0.29) is 12.5 Å². The number of nitrogens with zero attached hydrogens (tertiary/aromatic N) is 2. The molecule has 4 rings (SSSR count). The number of sulfonamides is 1. The maximum absolute atomic E-state index is 13.3. The van der Waals surface area contributed by atoms with Gasteiger partial charge in [0.1, 0.15) is 11.4 Å². The van der Waals surface area contributed by atoms with Crippen LogP contribution in [-0.4, -0.2) is 73.5 Å². The highest BCUT2D eigenvalue weighted by Gasteiger charge is 2.38. The van der Waals surface area contributed by atoms with E-state index >= 15 is 0 Å². The fraction of sp³-hybridized carbons (Fsp3) is 0.529. The molecule has 3 aromatic rings. The van der Waals surface area contributed by atoms with Crippen molar-refractivity contribution in [2.75, 3.05) is 36.8 Å². The van der Waals surface area contributed by atoms with Gasteiger partial charge >= 0.3 is 24.4 Å². The van der Waals surface area contributed by atoms with Crippen LogP contribution in [0.4, 0.5) is 42.9 Å². The molecule has 0 radical (unpaired) electrons. The lowest BCUT2D eigenvalue weighted by atomic mass is 9.82. The van der Waals surface area contributed by atoms with E-state index < -0.39 is 50.5 Å². The Morgan fingerprint density at radius 3 is 2.00 bits per heavy atom. The number of amides is 1. The number of carboxylic acid groups (broad SMARTS) is 1. The highest BCUT2D eigenvalue weighted by Crippen LogP contribution is 2.34. The minimum Gasteiger partial charge on any atom is -0.475 e. The molecular weight excluding hydrogens is 734 g/mol. The summed E-state index contributed by atoms with van der Waals surface area (Å²) < 4.78 is 105. The number of para-hydroxylation sites is 1. The molecule has 1 amide bonds. The number of carbonyl (C=O) groups is 2. The molecule has 1 aliphatic carbocycles. The van der Waals surface area contributed by atoms with Gasteiger partial charge in [0.15, 0.2) is 0 Å². The second-order valence-corrected chi connectivity index (χ2v) is 15.1. The maximum Gasteiger partial charge on any atom is 0.490 e. The number of anilines is 2. The molecule has 5 N–H and O–H groups in total. The van der Waals surface area contributed by atoms with Crippen molar-refractivity contribution in [2.45, 2.75) is 82.1 Å². The van der Waals surface area contributed by atoms with Crippen LogP contribution < -0.4 is 20.7 Å². The van der Waals surface area contributed by atoms with E-state index in [0.29, 0.717) is 31.5 Å². The van der Waals surface area contributed by atoms with Crippen LogP contribution in [0, 0.1) is 11.8 Å². The number of nitrogens with one attached hydrogen (secondary N) is 4. The first-order chi connectivity index (χ1) is 24.7. The van der Waals surface area contributed by atoms with Crippen molar-refractivity contribution in [1.29, 1.82) is 0 Å². The number of ether oxygens (including phenoxy) is 1. The third-order valence-corrected chi connectivity index (χ3v) is 9.45. The van der Waals surface area contributed by atoms with Crippen LogP contribution >= 0.6 is 0 Å². The lowest BCUT2D eigenvalue weighted by Gasteiger charge is -2.29. The molecule has 0 aliphatic heterocycles. The van der Waals surface area contributed by atoms with Crippen molar-refractivity contribution in [3.05, 3.63) is 54.1 Å². The van der Waals surface area contributed by atoms with Gasteiger partial charge in [-0.05, 0) is 95.4 Å². The lowest BCUT2D eigenvalue weighted by Crippen LogP contribution is -2.33. The summed E-state index contributed by atoms with van der Waals surface area (Å²) in [5.74, 6) is -1.17. The number of alkyl carbamates (subject to hydrolysis) is 1. The van der Waals surface area contributed by atoms with Gasteiger partial charge in [-0.25, -0.2) is 27.7 Å². The largest absolute Gasteiger partial charge is 0.490 e. The first-order valence-electron chi connectivity index (χ1n) is 16.8. The molecule has 19 heteroatoms. The first-order valence-corrected chi connectivity index (χ1v) is 18.3. The molecule has 53 heavy (non-hydrogen) atoms. The maximum atomic E-state index is 13.3. The smallest absolute Gasteiger partial charge is 0.475 e. The van der Waals surface area contributed by atoms with Crippen molar-refractivity contribution < 1.29 is 54.2 Å². The average molecular weight is 779 g/mol. The Hall–Kier alpha value is -4.39. The van der Waals surface area contributed by atoms with E-state index in [2.05, 4.69) is 25.7 Å². The van der Waals surface area contributed by atoms with Crippen LogP contribution in [0.5, 0.6) is 0 Å². The summed E-state index contributed by atoms with van der Waals surface area (Å²) in [7, 11) is -4.30. The predicted octanol–water partition coefficient (Wildman–Crippen LogP) is 7.20. The van der Waals surface area contributed by atoms with Crippen molar-refractivity contribution >= 4 is 44.8 Å². The molecule has 0 atom stereocenters. The van der Waals surface area contributed by atoms with Crippen molar-refractivity contribution in [3.8, 4) is 0 Å². The Kier molecular flexibility index (Phi) is 15.1. The summed E-state index contributed by atoms with van der Waals surface area (Å²) in [6, 6.07) is 12.0. The third-order valence-electron chi connectivity index (χ3n) is 7.97. The Morgan fingerprint density at radius 1 is 0.830 bits per heavy atom. The zero-order valence-electron chi connectivity index (χ0n) is 29.4. The molecular formula is C34H44F6N6O6S. The van der Waals surface area contributed by atoms with Gasteiger partial charge in [0.05, 0.1) is 16.0 Å². The van der Waals surface area contributed by atoms with Gasteiger partial charge in [0, 0.05) is 31.6 Å². The summed E-state index contributed by atoms with van der Waals surface area (Å²) in [6.45, 7) is 7.37. The lowest BCUT2D eigenvalue weighted by molar-refractivity contribution is -0.192.